The van der Waals surface area contributed by atoms with Crippen molar-refractivity contribution in [1.29, 1.82) is 0 Å². The molecule has 0 unspecified atom stereocenters. The molecule has 0 aromatic heterocycles. The highest BCUT2D eigenvalue weighted by atomic mass is 16.2. The van der Waals surface area contributed by atoms with Crippen LogP contribution in [0.4, 0.5) is 0 Å². The van der Waals surface area contributed by atoms with Crippen LogP contribution in [-0.4, -0.2) is 29.8 Å². The fourth-order valence-electron chi connectivity index (χ4n) is 2.65. The minimum Gasteiger partial charge on any atom is -0.356 e. The van der Waals surface area contributed by atoms with Gasteiger partial charge in [0.05, 0.1) is 0 Å². The van der Waals surface area contributed by atoms with Crippen LogP contribution in [0.5, 0.6) is 0 Å². The maximum Gasteiger partial charge on any atom is 0.224 e. The topological polar surface area (TPSA) is 49.4 Å². The molecule has 0 aliphatic carbocycles. The second kappa shape index (κ2) is 6.74. The Kier molecular flexibility index (Phi) is 4.99. The van der Waals surface area contributed by atoms with Gasteiger partial charge in [-0.1, -0.05) is 32.0 Å². The smallest absolute Gasteiger partial charge is 0.224 e. The second-order valence-corrected chi connectivity index (χ2v) is 5.98. The summed E-state index contributed by atoms with van der Waals surface area (Å²) in [6, 6.07) is 6.62. The van der Waals surface area contributed by atoms with Crippen LogP contribution in [-0.2, 0) is 22.6 Å². The number of carbonyl (C=O) groups excluding carboxylic acids is 2. The first-order chi connectivity index (χ1) is 9.97. The van der Waals surface area contributed by atoms with Crippen LogP contribution in [0.2, 0.25) is 0 Å². The van der Waals surface area contributed by atoms with Gasteiger partial charge in [-0.25, -0.2) is 0 Å². The van der Waals surface area contributed by atoms with Crippen LogP contribution >= 0.6 is 0 Å². The minimum absolute atomic E-state index is 0.0895. The highest BCUT2D eigenvalue weighted by Gasteiger charge is 2.20. The van der Waals surface area contributed by atoms with Crippen molar-refractivity contribution in [3.63, 3.8) is 0 Å². The molecule has 0 fully saturated rings. The molecule has 1 heterocycles. The Bertz CT molecular complexity index is 538. The number of fused-ring (bicyclic) bond motifs is 1. The molecule has 1 aliphatic rings. The van der Waals surface area contributed by atoms with Crippen LogP contribution in [0.15, 0.2) is 18.2 Å². The third-order valence-corrected chi connectivity index (χ3v) is 3.97. The van der Waals surface area contributed by atoms with Crippen LogP contribution < -0.4 is 5.32 Å². The second-order valence-electron chi connectivity index (χ2n) is 5.98. The molecule has 4 heteroatoms. The molecule has 21 heavy (non-hydrogen) atoms. The van der Waals surface area contributed by atoms with Crippen LogP contribution in [0.1, 0.15) is 49.8 Å². The van der Waals surface area contributed by atoms with Gasteiger partial charge in [-0.05, 0) is 29.0 Å². The third kappa shape index (κ3) is 4.06. The average Bonchev–Trinajstić information content (AvgIpc) is 2.45. The normalized spacial score (nSPS) is 14.0. The number of hydrogen-bond acceptors (Lipinski definition) is 2. The molecule has 0 atom stereocenters. The molecular weight excluding hydrogens is 264 g/mol. The fourth-order valence-corrected chi connectivity index (χ4v) is 2.65. The zero-order valence-corrected chi connectivity index (χ0v) is 13.1. The maximum atomic E-state index is 12.2. The molecule has 0 bridgehead atoms. The van der Waals surface area contributed by atoms with E-state index in [0.717, 1.165) is 13.0 Å². The Morgan fingerprint density at radius 1 is 1.29 bits per heavy atom. The van der Waals surface area contributed by atoms with Gasteiger partial charge < -0.3 is 10.2 Å². The Morgan fingerprint density at radius 2 is 2.05 bits per heavy atom. The molecule has 1 aromatic carbocycles. The summed E-state index contributed by atoms with van der Waals surface area (Å²) in [6.07, 6.45) is 1.29. The minimum atomic E-state index is -0.0895. The number of hydrogen-bond donors (Lipinski definition) is 1. The summed E-state index contributed by atoms with van der Waals surface area (Å²) in [5.74, 6) is 0.527. The van der Waals surface area contributed by atoms with Gasteiger partial charge in [0.25, 0.3) is 0 Å². The zero-order chi connectivity index (χ0) is 15.4. The molecule has 4 nitrogen and oxygen atoms in total. The number of nitrogens with zero attached hydrogens (tertiary/aromatic N) is 1. The van der Waals surface area contributed by atoms with Crippen molar-refractivity contribution in [2.24, 2.45) is 0 Å². The van der Waals surface area contributed by atoms with Crippen LogP contribution in [0.25, 0.3) is 0 Å². The van der Waals surface area contributed by atoms with Crippen molar-refractivity contribution < 1.29 is 9.59 Å². The lowest BCUT2D eigenvalue weighted by atomic mass is 9.93. The SMILES string of the molecule is CC(=O)NCCC(=O)N1CCc2ccc(C(C)C)cc2C1. The first-order valence-corrected chi connectivity index (χ1v) is 7.61. The molecule has 0 saturated carbocycles. The lowest BCUT2D eigenvalue weighted by Crippen LogP contribution is -2.37. The standard InChI is InChI=1S/C17H24N2O2/c1-12(2)15-5-4-14-7-9-19(11-16(14)10-15)17(21)6-8-18-13(3)20/h4-5,10,12H,6-9,11H2,1-3H3,(H,18,20). The van der Waals surface area contributed by atoms with E-state index in [1.165, 1.54) is 23.6 Å². The van der Waals surface area contributed by atoms with Crippen molar-refractivity contribution >= 4 is 11.8 Å². The van der Waals surface area contributed by atoms with Gasteiger partial charge in [0, 0.05) is 33.0 Å². The van der Waals surface area contributed by atoms with E-state index in [1.54, 1.807) is 0 Å². The van der Waals surface area contributed by atoms with E-state index < -0.39 is 0 Å². The molecule has 0 spiro atoms. The average molecular weight is 288 g/mol. The summed E-state index contributed by atoms with van der Waals surface area (Å²) in [7, 11) is 0. The summed E-state index contributed by atoms with van der Waals surface area (Å²) >= 11 is 0. The van der Waals surface area contributed by atoms with Gasteiger partial charge in [0.15, 0.2) is 0 Å². The molecule has 0 saturated heterocycles. The highest BCUT2D eigenvalue weighted by molar-refractivity contribution is 5.78. The van der Waals surface area contributed by atoms with E-state index in [0.29, 0.717) is 25.4 Å². The van der Waals surface area contributed by atoms with Gasteiger partial charge in [-0.15, -0.1) is 0 Å². The quantitative estimate of drug-likeness (QED) is 0.923. The highest BCUT2D eigenvalue weighted by Crippen LogP contribution is 2.24. The summed E-state index contributed by atoms with van der Waals surface area (Å²) in [5.41, 5.74) is 3.94. The number of carbonyl (C=O) groups is 2. The first kappa shape index (κ1) is 15.5. The van der Waals surface area contributed by atoms with E-state index in [4.69, 9.17) is 0 Å². The molecule has 1 N–H and O–H groups in total. The van der Waals surface area contributed by atoms with E-state index in [2.05, 4.69) is 37.4 Å². The summed E-state index contributed by atoms with van der Waals surface area (Å²) in [6.45, 7) is 7.71. The largest absolute Gasteiger partial charge is 0.356 e. The summed E-state index contributed by atoms with van der Waals surface area (Å²) < 4.78 is 0. The lowest BCUT2D eigenvalue weighted by Gasteiger charge is -2.29. The molecule has 1 aliphatic heterocycles. The Balaban J connectivity index is 1.99. The Morgan fingerprint density at radius 3 is 2.71 bits per heavy atom. The molecule has 0 radical (unpaired) electrons. The molecule has 114 valence electrons. The molecular formula is C17H24N2O2. The van der Waals surface area contributed by atoms with Crippen molar-refractivity contribution in [3.8, 4) is 0 Å². The van der Waals surface area contributed by atoms with Gasteiger partial charge in [0.2, 0.25) is 11.8 Å². The Labute approximate surface area is 126 Å². The van der Waals surface area contributed by atoms with Crippen LogP contribution in [0, 0.1) is 0 Å². The van der Waals surface area contributed by atoms with E-state index in [1.807, 2.05) is 4.90 Å². The zero-order valence-electron chi connectivity index (χ0n) is 13.1. The van der Waals surface area contributed by atoms with Crippen molar-refractivity contribution in [2.75, 3.05) is 13.1 Å². The monoisotopic (exact) mass is 288 g/mol. The number of nitrogens with one attached hydrogen (secondary N) is 1. The van der Waals surface area contributed by atoms with Crippen molar-refractivity contribution in [3.05, 3.63) is 34.9 Å². The van der Waals surface area contributed by atoms with E-state index >= 15 is 0 Å². The summed E-state index contributed by atoms with van der Waals surface area (Å²) in [4.78, 5) is 24.9. The van der Waals surface area contributed by atoms with Crippen molar-refractivity contribution in [2.45, 2.75) is 46.1 Å². The predicted octanol–water partition coefficient (Wildman–Crippen LogP) is 2.22. The number of amides is 2. The number of rotatable bonds is 4. The van der Waals surface area contributed by atoms with Crippen LogP contribution in [0.3, 0.4) is 0 Å². The third-order valence-electron chi connectivity index (χ3n) is 3.97. The predicted molar refractivity (Wildman–Crippen MR) is 83.0 cm³/mol. The van der Waals surface area contributed by atoms with E-state index in [-0.39, 0.29) is 11.8 Å². The first-order valence-electron chi connectivity index (χ1n) is 7.61. The molecule has 1 aromatic rings. The van der Waals surface area contributed by atoms with Gasteiger partial charge in [0.1, 0.15) is 0 Å². The van der Waals surface area contributed by atoms with Crippen molar-refractivity contribution in [1.82, 2.24) is 10.2 Å². The van der Waals surface area contributed by atoms with E-state index in [9.17, 15) is 9.59 Å². The summed E-state index contributed by atoms with van der Waals surface area (Å²) in [5, 5.41) is 2.67. The van der Waals surface area contributed by atoms with Gasteiger partial charge >= 0.3 is 0 Å². The van der Waals surface area contributed by atoms with Gasteiger partial charge in [-0.3, -0.25) is 9.59 Å². The maximum absolute atomic E-state index is 12.2. The number of benzene rings is 1. The Hall–Kier alpha value is -1.84. The fraction of sp³-hybridized carbons (Fsp3) is 0.529. The van der Waals surface area contributed by atoms with Gasteiger partial charge in [-0.2, -0.15) is 0 Å². The lowest BCUT2D eigenvalue weighted by molar-refractivity contribution is -0.132. The molecule has 2 rings (SSSR count). The molecule has 2 amide bonds.